The van der Waals surface area contributed by atoms with E-state index in [1.807, 2.05) is 0 Å². The second kappa shape index (κ2) is 2.51. The summed E-state index contributed by atoms with van der Waals surface area (Å²) in [6.45, 7) is 4.81. The van der Waals surface area contributed by atoms with E-state index in [0.29, 0.717) is 10.8 Å². The van der Waals surface area contributed by atoms with Crippen LogP contribution >= 0.6 is 0 Å². The Bertz CT molecular complexity index is 374. The molecular weight excluding hydrogens is 192 g/mol. The molecule has 16 heavy (non-hydrogen) atoms. The maximum Gasteiger partial charge on any atom is 0.0336 e. The molecule has 0 heterocycles. The van der Waals surface area contributed by atoms with E-state index in [-0.39, 0.29) is 10.8 Å². The van der Waals surface area contributed by atoms with Crippen molar-refractivity contribution in [3.63, 3.8) is 0 Å². The van der Waals surface area contributed by atoms with E-state index in [1.165, 1.54) is 32.1 Å². The largest absolute Gasteiger partial charge is 0.120 e. The first-order valence-electron chi connectivity index (χ1n) is 6.32. The van der Waals surface area contributed by atoms with Gasteiger partial charge in [0.1, 0.15) is 0 Å². The molecule has 0 atom stereocenters. The van der Waals surface area contributed by atoms with Crippen molar-refractivity contribution in [2.24, 2.45) is 21.7 Å². The van der Waals surface area contributed by atoms with Crippen LogP contribution in [0.4, 0.5) is 0 Å². The van der Waals surface area contributed by atoms with Crippen LogP contribution in [0.1, 0.15) is 52.4 Å². The average Bonchev–Trinajstić information content (AvgIpc) is 2.12. The third-order valence-electron chi connectivity index (χ3n) is 5.20. The molecule has 0 N–H and O–H groups in total. The average molecular weight is 212 g/mol. The first-order chi connectivity index (χ1) is 7.36. The van der Waals surface area contributed by atoms with Crippen molar-refractivity contribution < 1.29 is 0 Å². The van der Waals surface area contributed by atoms with Gasteiger partial charge >= 0.3 is 0 Å². The molecule has 4 rings (SSSR count). The Morgan fingerprint density at radius 1 is 0.688 bits per heavy atom. The maximum atomic E-state index is 5.84. The Balaban J connectivity index is 2.14. The number of rotatable bonds is 0. The highest BCUT2D eigenvalue weighted by atomic mass is 14.7. The molecule has 0 aromatic carbocycles. The van der Waals surface area contributed by atoms with E-state index in [1.54, 1.807) is 0 Å². The topological polar surface area (TPSA) is 0 Å². The Morgan fingerprint density at radius 3 is 1.38 bits per heavy atom. The van der Waals surface area contributed by atoms with E-state index < -0.39 is 0 Å². The summed E-state index contributed by atoms with van der Waals surface area (Å²) in [6, 6.07) is 0. The van der Waals surface area contributed by atoms with Crippen LogP contribution in [0.2, 0.25) is 0 Å². The van der Waals surface area contributed by atoms with Crippen molar-refractivity contribution in [3.8, 4) is 24.7 Å². The highest BCUT2D eigenvalue weighted by Crippen LogP contribution is 2.73. The molecule has 0 aliphatic heterocycles. The minimum absolute atomic E-state index is 0.116. The fraction of sp³-hybridized carbons (Fsp3) is 0.750. The van der Waals surface area contributed by atoms with Crippen LogP contribution in [-0.2, 0) is 0 Å². The third-order valence-corrected chi connectivity index (χ3v) is 5.20. The molecule has 4 aliphatic rings. The number of hydrogen-bond donors (Lipinski definition) is 0. The Morgan fingerprint density at radius 2 is 1.06 bits per heavy atom. The summed E-state index contributed by atoms with van der Waals surface area (Å²) in [4.78, 5) is 0. The molecule has 0 amide bonds. The van der Waals surface area contributed by atoms with Gasteiger partial charge in [0.2, 0.25) is 0 Å². The van der Waals surface area contributed by atoms with Crippen molar-refractivity contribution in [1.29, 1.82) is 0 Å². The van der Waals surface area contributed by atoms with Crippen LogP contribution in [0.25, 0.3) is 0 Å². The Labute approximate surface area is 99.2 Å². The lowest BCUT2D eigenvalue weighted by molar-refractivity contribution is -0.146. The molecular formula is C16H20. The molecule has 0 unspecified atom stereocenters. The maximum absolute atomic E-state index is 5.84. The van der Waals surface area contributed by atoms with E-state index in [9.17, 15) is 0 Å². The van der Waals surface area contributed by atoms with Gasteiger partial charge in [0.15, 0.2) is 0 Å². The quantitative estimate of drug-likeness (QED) is 0.538. The highest BCUT2D eigenvalue weighted by molar-refractivity contribution is 5.28. The minimum Gasteiger partial charge on any atom is -0.120 e. The SMILES string of the molecule is C#CC12CC3(C)CC(C)(C1)CC(C#C)(C3)C2. The van der Waals surface area contributed by atoms with Crippen molar-refractivity contribution in [3.05, 3.63) is 0 Å². The van der Waals surface area contributed by atoms with Gasteiger partial charge in [0.05, 0.1) is 0 Å². The van der Waals surface area contributed by atoms with Gasteiger partial charge in [0, 0.05) is 10.8 Å². The van der Waals surface area contributed by atoms with Gasteiger partial charge in [-0.25, -0.2) is 0 Å². The van der Waals surface area contributed by atoms with Gasteiger partial charge in [-0.1, -0.05) is 25.7 Å². The summed E-state index contributed by atoms with van der Waals surface area (Å²) in [5.41, 5.74) is 1.04. The third kappa shape index (κ3) is 1.14. The Kier molecular flexibility index (Phi) is 1.61. The van der Waals surface area contributed by atoms with Crippen molar-refractivity contribution >= 4 is 0 Å². The highest BCUT2D eigenvalue weighted by Gasteiger charge is 2.64. The van der Waals surface area contributed by atoms with Crippen LogP contribution in [-0.4, -0.2) is 0 Å². The monoisotopic (exact) mass is 212 g/mol. The van der Waals surface area contributed by atoms with Crippen LogP contribution in [0.3, 0.4) is 0 Å². The second-order valence-electron chi connectivity index (χ2n) is 7.53. The fourth-order valence-corrected chi connectivity index (χ4v) is 6.00. The molecule has 4 saturated carbocycles. The normalized spacial score (nSPS) is 58.0. The predicted octanol–water partition coefficient (Wildman–Crippen LogP) is 3.62. The zero-order valence-electron chi connectivity index (χ0n) is 10.4. The molecule has 0 spiro atoms. The van der Waals surface area contributed by atoms with Crippen molar-refractivity contribution in [1.82, 2.24) is 0 Å². The first kappa shape index (κ1) is 10.3. The molecule has 84 valence electrons. The van der Waals surface area contributed by atoms with Crippen LogP contribution in [0.5, 0.6) is 0 Å². The first-order valence-corrected chi connectivity index (χ1v) is 6.32. The predicted molar refractivity (Wildman–Crippen MR) is 66.4 cm³/mol. The molecule has 0 saturated heterocycles. The molecule has 0 aromatic heterocycles. The van der Waals surface area contributed by atoms with Crippen molar-refractivity contribution in [2.75, 3.05) is 0 Å². The fourth-order valence-electron chi connectivity index (χ4n) is 6.00. The molecule has 0 nitrogen and oxygen atoms in total. The summed E-state index contributed by atoms with van der Waals surface area (Å²) in [7, 11) is 0. The smallest absolute Gasteiger partial charge is 0.0336 e. The van der Waals surface area contributed by atoms with E-state index in [0.717, 1.165) is 6.42 Å². The van der Waals surface area contributed by atoms with E-state index in [4.69, 9.17) is 12.8 Å². The summed E-state index contributed by atoms with van der Waals surface area (Å²) >= 11 is 0. The van der Waals surface area contributed by atoms with Gasteiger partial charge in [-0.05, 0) is 49.4 Å². The molecule has 0 radical (unpaired) electrons. The lowest BCUT2D eigenvalue weighted by Crippen LogP contribution is -2.58. The standard InChI is InChI=1S/C16H20/c1-5-15-8-13(3)7-14(4,9-15)11-16(6-2,10-13)12-15/h1-2H,7-12H2,3-4H3. The van der Waals surface area contributed by atoms with E-state index >= 15 is 0 Å². The lowest BCUT2D eigenvalue weighted by Gasteiger charge is -2.67. The van der Waals surface area contributed by atoms with Crippen LogP contribution in [0, 0.1) is 46.3 Å². The van der Waals surface area contributed by atoms with Gasteiger partial charge in [-0.3, -0.25) is 0 Å². The molecule has 4 aliphatic carbocycles. The van der Waals surface area contributed by atoms with Gasteiger partial charge in [0.25, 0.3) is 0 Å². The Hall–Kier alpha value is -0.880. The summed E-state index contributed by atoms with van der Waals surface area (Å²) in [6.07, 6.45) is 18.9. The second-order valence-corrected chi connectivity index (χ2v) is 7.53. The molecule has 0 heteroatoms. The summed E-state index contributed by atoms with van der Waals surface area (Å²) in [5, 5.41) is 0. The molecule has 4 fully saturated rings. The zero-order chi connectivity index (χ0) is 11.7. The zero-order valence-corrected chi connectivity index (χ0v) is 10.4. The number of hydrogen-bond acceptors (Lipinski definition) is 0. The van der Waals surface area contributed by atoms with Gasteiger partial charge in [-0.2, -0.15) is 0 Å². The minimum atomic E-state index is 0.116. The van der Waals surface area contributed by atoms with Gasteiger partial charge in [-0.15, -0.1) is 12.8 Å². The molecule has 0 aromatic rings. The summed E-state index contributed by atoms with van der Waals surface area (Å²) < 4.78 is 0. The van der Waals surface area contributed by atoms with Crippen LogP contribution < -0.4 is 0 Å². The van der Waals surface area contributed by atoms with Gasteiger partial charge < -0.3 is 0 Å². The summed E-state index contributed by atoms with van der Waals surface area (Å²) in [5.74, 6) is 6.25. The lowest BCUT2D eigenvalue weighted by atomic mass is 9.36. The molecule has 4 bridgehead atoms. The number of terminal acetylenes is 2. The van der Waals surface area contributed by atoms with E-state index in [2.05, 4.69) is 25.7 Å². The van der Waals surface area contributed by atoms with Crippen LogP contribution in [0.15, 0.2) is 0 Å². The van der Waals surface area contributed by atoms with Crippen molar-refractivity contribution in [2.45, 2.75) is 52.4 Å².